The highest BCUT2D eigenvalue weighted by atomic mass is 35.5. The van der Waals surface area contributed by atoms with Crippen LogP contribution in [-0.2, 0) is 6.54 Å². The van der Waals surface area contributed by atoms with E-state index in [0.29, 0.717) is 6.54 Å². The van der Waals surface area contributed by atoms with Crippen molar-refractivity contribution in [1.29, 1.82) is 0 Å². The van der Waals surface area contributed by atoms with Crippen molar-refractivity contribution < 1.29 is 4.92 Å². The van der Waals surface area contributed by atoms with Gasteiger partial charge in [-0.1, -0.05) is 30.1 Å². The van der Waals surface area contributed by atoms with Crippen LogP contribution in [0.15, 0.2) is 24.4 Å². The van der Waals surface area contributed by atoms with Crippen LogP contribution in [0, 0.1) is 10.1 Å². The van der Waals surface area contributed by atoms with Gasteiger partial charge in [-0.3, -0.25) is 10.1 Å². The Hall–Kier alpha value is -1.63. The van der Waals surface area contributed by atoms with Gasteiger partial charge in [0.25, 0.3) is 5.69 Å². The van der Waals surface area contributed by atoms with E-state index in [4.69, 9.17) is 23.2 Å². The molecule has 2 rings (SSSR count). The van der Waals surface area contributed by atoms with Crippen LogP contribution in [0.3, 0.4) is 0 Å². The lowest BCUT2D eigenvalue weighted by Crippen LogP contribution is -2.12. The molecule has 0 amide bonds. The molecule has 0 aliphatic carbocycles. The van der Waals surface area contributed by atoms with Crippen molar-refractivity contribution in [3.63, 3.8) is 0 Å². The number of nitro benzene ring substituents is 1. The Morgan fingerprint density at radius 3 is 2.85 bits per heavy atom. The van der Waals surface area contributed by atoms with Crippen LogP contribution in [0.2, 0.25) is 10.0 Å². The molecule has 2 aromatic rings. The van der Waals surface area contributed by atoms with E-state index in [2.05, 4.69) is 10.4 Å². The first-order chi connectivity index (χ1) is 9.52. The third-order valence-electron chi connectivity index (χ3n) is 2.63. The highest BCUT2D eigenvalue weighted by Crippen LogP contribution is 2.33. The third-order valence-corrected chi connectivity index (χ3v) is 3.14. The van der Waals surface area contributed by atoms with E-state index in [-0.39, 0.29) is 21.4 Å². The predicted molar refractivity (Wildman–Crippen MR) is 77.6 cm³/mol. The van der Waals surface area contributed by atoms with Gasteiger partial charge < -0.3 is 5.32 Å². The Labute approximate surface area is 125 Å². The molecule has 6 nitrogen and oxygen atoms in total. The van der Waals surface area contributed by atoms with Gasteiger partial charge in [0.1, 0.15) is 0 Å². The van der Waals surface area contributed by atoms with Crippen LogP contribution in [0.4, 0.5) is 5.69 Å². The number of rotatable bonds is 5. The van der Waals surface area contributed by atoms with Crippen molar-refractivity contribution >= 4 is 28.9 Å². The minimum absolute atomic E-state index is 0.180. The van der Waals surface area contributed by atoms with Crippen molar-refractivity contribution in [1.82, 2.24) is 15.1 Å². The summed E-state index contributed by atoms with van der Waals surface area (Å²) >= 11 is 11.9. The van der Waals surface area contributed by atoms with Crippen molar-refractivity contribution in [3.8, 4) is 5.69 Å². The SMILES string of the molecule is CCNCc1ccn(-c2c(Cl)cc(Cl)cc2[N+](=O)[O-])n1. The molecular formula is C12H12Cl2N4O2. The monoisotopic (exact) mass is 314 g/mol. The zero-order valence-electron chi connectivity index (χ0n) is 10.6. The Balaban J connectivity index is 2.46. The minimum atomic E-state index is -0.529. The normalized spacial score (nSPS) is 10.8. The van der Waals surface area contributed by atoms with Crippen molar-refractivity contribution in [3.05, 3.63) is 50.2 Å². The Kier molecular flexibility index (Phi) is 4.59. The smallest absolute Gasteiger partial charge is 0.297 e. The van der Waals surface area contributed by atoms with Crippen LogP contribution in [0.1, 0.15) is 12.6 Å². The standard InChI is InChI=1S/C12H12Cl2N4O2/c1-2-15-7-9-3-4-17(16-9)12-10(14)5-8(13)6-11(12)18(19)20/h3-6,15H,2,7H2,1H3. The summed E-state index contributed by atoms with van der Waals surface area (Å²) in [6.45, 7) is 3.38. The summed E-state index contributed by atoms with van der Waals surface area (Å²) in [6, 6.07) is 4.49. The fourth-order valence-corrected chi connectivity index (χ4v) is 2.32. The quantitative estimate of drug-likeness (QED) is 0.679. The highest BCUT2D eigenvalue weighted by Gasteiger charge is 2.21. The largest absolute Gasteiger partial charge is 0.311 e. The number of nitrogens with zero attached hydrogens (tertiary/aromatic N) is 3. The lowest BCUT2D eigenvalue weighted by atomic mass is 10.2. The van der Waals surface area contributed by atoms with Gasteiger partial charge in [-0.25, -0.2) is 4.68 Å². The average Bonchev–Trinajstić information content (AvgIpc) is 2.83. The van der Waals surface area contributed by atoms with Gasteiger partial charge >= 0.3 is 0 Å². The van der Waals surface area contributed by atoms with Crippen molar-refractivity contribution in [2.45, 2.75) is 13.5 Å². The first-order valence-electron chi connectivity index (χ1n) is 5.92. The number of halogens is 2. The number of benzene rings is 1. The molecule has 0 spiro atoms. The highest BCUT2D eigenvalue weighted by molar-refractivity contribution is 6.36. The van der Waals surface area contributed by atoms with Gasteiger partial charge in [0.15, 0.2) is 5.69 Å². The Morgan fingerprint density at radius 2 is 2.20 bits per heavy atom. The minimum Gasteiger partial charge on any atom is -0.311 e. The molecule has 1 aromatic carbocycles. The molecule has 8 heteroatoms. The second-order valence-corrected chi connectivity index (χ2v) is 4.89. The van der Waals surface area contributed by atoms with E-state index in [1.807, 2.05) is 6.92 Å². The van der Waals surface area contributed by atoms with E-state index in [0.717, 1.165) is 12.2 Å². The Morgan fingerprint density at radius 1 is 1.45 bits per heavy atom. The Bertz CT molecular complexity index is 642. The number of nitro groups is 1. The summed E-state index contributed by atoms with van der Waals surface area (Å²) in [5.74, 6) is 0. The zero-order chi connectivity index (χ0) is 14.7. The average molecular weight is 315 g/mol. The molecule has 20 heavy (non-hydrogen) atoms. The molecular weight excluding hydrogens is 303 g/mol. The summed E-state index contributed by atoms with van der Waals surface area (Å²) in [7, 11) is 0. The molecule has 0 aliphatic rings. The van der Waals surface area contributed by atoms with E-state index in [9.17, 15) is 10.1 Å². The summed E-state index contributed by atoms with van der Waals surface area (Å²) in [6.07, 6.45) is 1.63. The van der Waals surface area contributed by atoms with E-state index >= 15 is 0 Å². The second-order valence-electron chi connectivity index (χ2n) is 4.04. The zero-order valence-corrected chi connectivity index (χ0v) is 12.1. The van der Waals surface area contributed by atoms with Crippen LogP contribution >= 0.6 is 23.2 Å². The molecule has 106 valence electrons. The van der Waals surface area contributed by atoms with Gasteiger partial charge in [0.05, 0.1) is 15.6 Å². The van der Waals surface area contributed by atoms with Gasteiger partial charge in [0.2, 0.25) is 0 Å². The summed E-state index contributed by atoms with van der Waals surface area (Å²) < 4.78 is 1.39. The van der Waals surface area contributed by atoms with Gasteiger partial charge in [-0.15, -0.1) is 0 Å². The van der Waals surface area contributed by atoms with Gasteiger partial charge in [-0.05, 0) is 18.7 Å². The summed E-state index contributed by atoms with van der Waals surface area (Å²) in [4.78, 5) is 10.6. The maximum atomic E-state index is 11.1. The molecule has 0 aliphatic heterocycles. The summed E-state index contributed by atoms with van der Waals surface area (Å²) in [5.41, 5.74) is 0.802. The maximum Gasteiger partial charge on any atom is 0.297 e. The van der Waals surface area contributed by atoms with E-state index < -0.39 is 4.92 Å². The van der Waals surface area contributed by atoms with Crippen molar-refractivity contribution in [2.75, 3.05) is 6.54 Å². The number of hydrogen-bond acceptors (Lipinski definition) is 4. The molecule has 0 fully saturated rings. The van der Waals surface area contributed by atoms with Crippen LogP contribution in [-0.4, -0.2) is 21.2 Å². The molecule has 0 saturated carbocycles. The van der Waals surface area contributed by atoms with Crippen LogP contribution < -0.4 is 5.32 Å². The van der Waals surface area contributed by atoms with Gasteiger partial charge in [0, 0.05) is 23.8 Å². The molecule has 1 N–H and O–H groups in total. The van der Waals surface area contributed by atoms with Gasteiger partial charge in [-0.2, -0.15) is 5.10 Å². The topological polar surface area (TPSA) is 73.0 Å². The van der Waals surface area contributed by atoms with E-state index in [1.165, 1.54) is 16.8 Å². The maximum absolute atomic E-state index is 11.1. The summed E-state index contributed by atoms with van der Waals surface area (Å²) in [5, 5.41) is 18.9. The molecule has 0 saturated heterocycles. The predicted octanol–water partition coefficient (Wildman–Crippen LogP) is 3.20. The number of hydrogen-bond donors (Lipinski definition) is 1. The third kappa shape index (κ3) is 3.09. The molecule has 0 radical (unpaired) electrons. The van der Waals surface area contributed by atoms with Crippen LogP contribution in [0.5, 0.6) is 0 Å². The number of aromatic nitrogens is 2. The van der Waals surface area contributed by atoms with E-state index in [1.54, 1.807) is 12.3 Å². The van der Waals surface area contributed by atoms with Crippen molar-refractivity contribution in [2.24, 2.45) is 0 Å². The second kappa shape index (κ2) is 6.21. The van der Waals surface area contributed by atoms with Crippen LogP contribution in [0.25, 0.3) is 5.69 Å². The first-order valence-corrected chi connectivity index (χ1v) is 6.67. The molecule has 1 aromatic heterocycles. The first kappa shape index (κ1) is 14.8. The fourth-order valence-electron chi connectivity index (χ4n) is 1.75. The molecule has 0 atom stereocenters. The lowest BCUT2D eigenvalue weighted by molar-refractivity contribution is -0.384. The molecule has 1 heterocycles. The fraction of sp³-hybridized carbons (Fsp3) is 0.250. The molecule has 0 unspecified atom stereocenters. The number of nitrogens with one attached hydrogen (secondary N) is 1. The molecule has 0 bridgehead atoms. The lowest BCUT2D eigenvalue weighted by Gasteiger charge is -2.06.